The fourth-order valence-corrected chi connectivity index (χ4v) is 5.23. The first-order valence-corrected chi connectivity index (χ1v) is 13.6. The molecule has 0 amide bonds. The molecule has 192 valence electrons. The van der Waals surface area contributed by atoms with Crippen molar-refractivity contribution in [2.45, 2.75) is 81.1 Å². The molecule has 0 radical (unpaired) electrons. The van der Waals surface area contributed by atoms with Crippen molar-refractivity contribution in [1.29, 1.82) is 0 Å². The number of allylic oxidation sites excluding steroid dienone is 8. The van der Waals surface area contributed by atoms with Gasteiger partial charge in [0.15, 0.2) is 0 Å². The van der Waals surface area contributed by atoms with E-state index in [4.69, 9.17) is 0 Å². The molecule has 0 unspecified atom stereocenters. The summed E-state index contributed by atoms with van der Waals surface area (Å²) in [5, 5.41) is 0. The zero-order valence-corrected chi connectivity index (χ0v) is 24.2. The third kappa shape index (κ3) is 7.82. The zero-order valence-electron chi connectivity index (χ0n) is 24.2. The molecule has 0 nitrogen and oxygen atoms in total. The predicted octanol–water partition coefficient (Wildman–Crippen LogP) is 11.3. The lowest BCUT2D eigenvalue weighted by Gasteiger charge is -2.45. The summed E-state index contributed by atoms with van der Waals surface area (Å²) in [5.74, 6) is 1.02. The largest absolute Gasteiger partial charge is 0.0955 e. The van der Waals surface area contributed by atoms with Crippen molar-refractivity contribution in [1.82, 2.24) is 0 Å². The van der Waals surface area contributed by atoms with Crippen molar-refractivity contribution in [3.8, 4) is 0 Å². The van der Waals surface area contributed by atoms with Gasteiger partial charge >= 0.3 is 0 Å². The fourth-order valence-electron chi connectivity index (χ4n) is 5.23. The molecule has 2 aromatic carbocycles. The highest BCUT2D eigenvalue weighted by atomic mass is 14.4. The van der Waals surface area contributed by atoms with E-state index in [1.807, 2.05) is 6.92 Å². The second-order valence-electron chi connectivity index (χ2n) is 10.8. The van der Waals surface area contributed by atoms with Gasteiger partial charge in [0.05, 0.1) is 0 Å². The number of rotatable bonds is 8. The summed E-state index contributed by atoms with van der Waals surface area (Å²) < 4.78 is 0. The van der Waals surface area contributed by atoms with Gasteiger partial charge in [-0.15, -0.1) is 0 Å². The normalized spacial score (nSPS) is 16.1. The summed E-state index contributed by atoms with van der Waals surface area (Å²) in [4.78, 5) is 0. The fraction of sp³-hybridized carbons (Fsp3) is 0.389. The van der Waals surface area contributed by atoms with Crippen LogP contribution in [0.3, 0.4) is 0 Å². The standard InChI is InChI=1S/C27H30.C9H18/c1-8-9-27(26-12-10-20(4)11-13-26)23(7)21(5)18-22(6)25-16-14-24(15-17-25)19(2)3;1-4-9(5-2)6-8(3)7-9/h8-18H,2,5H2,1,3-4,6-7H3;8H,4-7H2,1-3H3/b9-8-,22-18+,27-23+;. The lowest BCUT2D eigenvalue weighted by atomic mass is 9.60. The number of hydrogen-bond donors (Lipinski definition) is 0. The second-order valence-corrected chi connectivity index (χ2v) is 10.8. The topological polar surface area (TPSA) is 0 Å². The average Bonchev–Trinajstić information content (AvgIpc) is 2.85. The molecular formula is C36H48. The van der Waals surface area contributed by atoms with E-state index in [1.54, 1.807) is 0 Å². The zero-order chi connectivity index (χ0) is 26.9. The SMILES string of the molecule is C=C(/C=C(\C)c1ccc(C(=C)C)cc1)/C(C)=C(\C=C/C)c1ccc(C)cc1.CCC1(CC)CC(C)C1. The highest BCUT2D eigenvalue weighted by Crippen LogP contribution is 2.50. The van der Waals surface area contributed by atoms with E-state index < -0.39 is 0 Å². The van der Waals surface area contributed by atoms with E-state index in [0.717, 1.165) is 22.5 Å². The van der Waals surface area contributed by atoms with Gasteiger partial charge in [-0.1, -0.05) is 125 Å². The Hall–Kier alpha value is -2.86. The van der Waals surface area contributed by atoms with Gasteiger partial charge in [-0.25, -0.2) is 0 Å². The Labute approximate surface area is 222 Å². The Balaban J connectivity index is 0.000000425. The average molecular weight is 481 g/mol. The van der Waals surface area contributed by atoms with E-state index in [9.17, 15) is 0 Å². The monoisotopic (exact) mass is 480 g/mol. The van der Waals surface area contributed by atoms with Crippen LogP contribution in [-0.2, 0) is 0 Å². The van der Waals surface area contributed by atoms with Crippen molar-refractivity contribution in [3.63, 3.8) is 0 Å². The van der Waals surface area contributed by atoms with E-state index in [1.165, 1.54) is 64.7 Å². The molecule has 36 heavy (non-hydrogen) atoms. The van der Waals surface area contributed by atoms with Crippen molar-refractivity contribution in [3.05, 3.63) is 113 Å². The van der Waals surface area contributed by atoms with Crippen LogP contribution in [0.5, 0.6) is 0 Å². The van der Waals surface area contributed by atoms with Crippen LogP contribution >= 0.6 is 0 Å². The van der Waals surface area contributed by atoms with Crippen LogP contribution in [0.4, 0.5) is 0 Å². The van der Waals surface area contributed by atoms with Crippen molar-refractivity contribution in [2.75, 3.05) is 0 Å². The third-order valence-electron chi connectivity index (χ3n) is 7.87. The number of aryl methyl sites for hydroxylation is 1. The van der Waals surface area contributed by atoms with Gasteiger partial charge in [0.1, 0.15) is 0 Å². The Morgan fingerprint density at radius 3 is 1.78 bits per heavy atom. The Bertz CT molecular complexity index is 1100. The van der Waals surface area contributed by atoms with Gasteiger partial charge in [-0.2, -0.15) is 0 Å². The van der Waals surface area contributed by atoms with E-state index in [0.29, 0.717) is 0 Å². The first-order chi connectivity index (χ1) is 17.1. The summed E-state index contributed by atoms with van der Waals surface area (Å²) in [5.41, 5.74) is 11.4. The molecule has 3 rings (SSSR count). The van der Waals surface area contributed by atoms with Gasteiger partial charge in [-0.05, 0) is 97.8 Å². The molecular weight excluding hydrogens is 432 g/mol. The highest BCUT2D eigenvalue weighted by Gasteiger charge is 2.38. The number of hydrogen-bond acceptors (Lipinski definition) is 0. The minimum atomic E-state index is 0.777. The molecule has 0 spiro atoms. The number of benzene rings is 2. The summed E-state index contributed by atoms with van der Waals surface area (Å²) in [7, 11) is 0. The van der Waals surface area contributed by atoms with Crippen LogP contribution in [0.25, 0.3) is 16.7 Å². The molecule has 1 aliphatic rings. The molecule has 0 saturated heterocycles. The minimum Gasteiger partial charge on any atom is -0.0955 e. The maximum absolute atomic E-state index is 4.33. The van der Waals surface area contributed by atoms with Gasteiger partial charge in [0.2, 0.25) is 0 Å². The van der Waals surface area contributed by atoms with Crippen molar-refractivity contribution >= 4 is 16.7 Å². The van der Waals surface area contributed by atoms with Crippen LogP contribution in [0.1, 0.15) is 96.4 Å². The first-order valence-electron chi connectivity index (χ1n) is 13.6. The molecule has 2 aromatic rings. The molecule has 0 N–H and O–H groups in total. The van der Waals surface area contributed by atoms with E-state index in [-0.39, 0.29) is 0 Å². The molecule has 1 saturated carbocycles. The molecule has 1 fully saturated rings. The molecule has 0 aliphatic heterocycles. The second kappa shape index (κ2) is 13.4. The lowest BCUT2D eigenvalue weighted by molar-refractivity contribution is 0.0569. The van der Waals surface area contributed by atoms with Crippen LogP contribution in [0.2, 0.25) is 0 Å². The Morgan fingerprint density at radius 2 is 1.36 bits per heavy atom. The lowest BCUT2D eigenvalue weighted by Crippen LogP contribution is -2.34. The third-order valence-corrected chi connectivity index (χ3v) is 7.87. The Kier molecular flexibility index (Phi) is 11.0. The molecule has 0 heterocycles. The first kappa shape index (κ1) is 29.4. The molecule has 0 heteroatoms. The molecule has 0 bridgehead atoms. The predicted molar refractivity (Wildman–Crippen MR) is 164 cm³/mol. The smallest absolute Gasteiger partial charge is 0.0152 e. The maximum Gasteiger partial charge on any atom is -0.0152 e. The van der Waals surface area contributed by atoms with Crippen molar-refractivity contribution in [2.24, 2.45) is 11.3 Å². The van der Waals surface area contributed by atoms with E-state index >= 15 is 0 Å². The van der Waals surface area contributed by atoms with Crippen LogP contribution in [-0.4, -0.2) is 0 Å². The van der Waals surface area contributed by atoms with Gasteiger partial charge in [0.25, 0.3) is 0 Å². The van der Waals surface area contributed by atoms with Gasteiger partial charge < -0.3 is 0 Å². The minimum absolute atomic E-state index is 0.777. The molecule has 0 aromatic heterocycles. The summed E-state index contributed by atoms with van der Waals surface area (Å²) in [6, 6.07) is 17.2. The summed E-state index contributed by atoms with van der Waals surface area (Å²) >= 11 is 0. The van der Waals surface area contributed by atoms with Gasteiger partial charge in [-0.3, -0.25) is 0 Å². The summed E-state index contributed by atoms with van der Waals surface area (Å²) in [6.07, 6.45) is 12.2. The van der Waals surface area contributed by atoms with Crippen molar-refractivity contribution < 1.29 is 0 Å². The van der Waals surface area contributed by atoms with Crippen LogP contribution in [0, 0.1) is 18.3 Å². The summed E-state index contributed by atoms with van der Waals surface area (Å²) in [6.45, 7) is 25.8. The maximum atomic E-state index is 4.33. The van der Waals surface area contributed by atoms with Crippen LogP contribution < -0.4 is 0 Å². The van der Waals surface area contributed by atoms with E-state index in [2.05, 4.69) is 128 Å². The molecule has 0 atom stereocenters. The molecule has 1 aliphatic carbocycles. The van der Waals surface area contributed by atoms with Crippen LogP contribution in [0.15, 0.2) is 91.1 Å². The Morgan fingerprint density at radius 1 is 0.861 bits per heavy atom. The highest BCUT2D eigenvalue weighted by molar-refractivity contribution is 5.81. The van der Waals surface area contributed by atoms with Gasteiger partial charge in [0, 0.05) is 0 Å². The quantitative estimate of drug-likeness (QED) is 0.329.